The van der Waals surface area contributed by atoms with Crippen LogP contribution in [0.15, 0.2) is 122 Å². The van der Waals surface area contributed by atoms with Crippen molar-refractivity contribution in [3.63, 3.8) is 0 Å². The third-order valence-electron chi connectivity index (χ3n) is 15.1. The molecule has 0 bridgehead atoms. The molecular weight excluding hydrogens is 1240 g/mol. The zero-order valence-electron chi connectivity index (χ0n) is 59.3. The number of ether oxygens (including phenoxy) is 3. The summed E-state index contributed by atoms with van der Waals surface area (Å²) in [5.41, 5.74) is 0. The summed E-state index contributed by atoms with van der Waals surface area (Å²) in [6, 6.07) is 0. The SMILES string of the molecule is CC/C=C\C/C=C\C/C=C\C/C=C\C/C=C\CCCCCCCCCC(=O)OCC(O)COP(=O)(O)OCC(O)COP(=O)(O)OCC(COC(=O)CCCCCCC/C=C\C/C=C\C/C=C\C/C=C\CCCCC)OC(=O)CCCCCCC/C=C\CCCCCCCC. The maximum Gasteiger partial charge on any atom is 0.472 e. The van der Waals surface area contributed by atoms with E-state index in [-0.39, 0.29) is 19.3 Å². The van der Waals surface area contributed by atoms with Gasteiger partial charge < -0.3 is 34.2 Å². The number of hydrogen-bond acceptors (Lipinski definition) is 14. The molecule has 0 radical (unpaired) electrons. The summed E-state index contributed by atoms with van der Waals surface area (Å²) < 4.78 is 61.0. The molecular formula is C77H132O16P2. The minimum Gasteiger partial charge on any atom is -0.463 e. The maximum atomic E-state index is 12.9. The second-order valence-corrected chi connectivity index (χ2v) is 27.3. The van der Waals surface area contributed by atoms with E-state index < -0.39 is 91.5 Å². The van der Waals surface area contributed by atoms with Crippen LogP contribution in [0.5, 0.6) is 0 Å². The molecule has 0 fully saturated rings. The molecule has 95 heavy (non-hydrogen) atoms. The molecule has 0 heterocycles. The van der Waals surface area contributed by atoms with Gasteiger partial charge in [-0.1, -0.05) is 258 Å². The molecule has 0 amide bonds. The summed E-state index contributed by atoms with van der Waals surface area (Å²) in [7, 11) is -9.80. The zero-order chi connectivity index (χ0) is 69.5. The first-order valence-corrected chi connectivity index (χ1v) is 39.8. The van der Waals surface area contributed by atoms with Crippen molar-refractivity contribution in [3.05, 3.63) is 122 Å². The van der Waals surface area contributed by atoms with E-state index in [2.05, 4.69) is 142 Å². The Kier molecular flexibility index (Phi) is 66.9. The average Bonchev–Trinajstić information content (AvgIpc) is 1.93. The fourth-order valence-electron chi connectivity index (χ4n) is 9.52. The molecule has 5 unspecified atom stereocenters. The lowest BCUT2D eigenvalue weighted by molar-refractivity contribution is -0.161. The van der Waals surface area contributed by atoms with Gasteiger partial charge in [-0.25, -0.2) is 9.13 Å². The lowest BCUT2D eigenvalue weighted by Crippen LogP contribution is -2.30. The molecule has 0 aliphatic carbocycles. The standard InChI is InChI=1S/C77H132O16P2/c1-4-7-10-13-16-19-22-25-28-30-32-34-35-37-39-40-43-45-48-51-54-57-60-63-75(80)87-66-72(78)67-89-94(83,84)90-68-73(79)69-91-95(85,86)92-71-74(93-77(82)65-62-59-56-53-50-47-42-27-24-21-18-15-12-9-6-3)70-88-76(81)64-61-58-55-52-49-46-44-41-38-36-33-31-29-26-23-20-17-14-11-8-5-2/h7,10,16-17,19-20,25-29,32-34,36-37,39,41-42,44,72-74,78-79H,4-6,8-9,11-15,18,21-24,30-31,35,38,40,43,45-71H2,1-3H3,(H,83,84)(H,85,86)/b10-7-,19-16-,20-17-,28-25-,29-26-,34-32-,36-33-,39-37-,42-27-,44-41-. The van der Waals surface area contributed by atoms with Gasteiger partial charge in [-0.2, -0.15) is 0 Å². The highest BCUT2D eigenvalue weighted by molar-refractivity contribution is 7.47. The van der Waals surface area contributed by atoms with Gasteiger partial charge in [0.1, 0.15) is 25.4 Å². The van der Waals surface area contributed by atoms with Gasteiger partial charge >= 0.3 is 33.6 Å². The third kappa shape index (κ3) is 71.1. The van der Waals surface area contributed by atoms with Crippen molar-refractivity contribution in [1.29, 1.82) is 0 Å². The summed E-state index contributed by atoms with van der Waals surface area (Å²) in [6.07, 6.45) is 80.9. The molecule has 0 saturated carbocycles. The van der Waals surface area contributed by atoms with Crippen LogP contribution >= 0.6 is 15.6 Å². The van der Waals surface area contributed by atoms with Gasteiger partial charge in [-0.15, -0.1) is 0 Å². The van der Waals surface area contributed by atoms with E-state index in [1.165, 1.54) is 64.2 Å². The van der Waals surface area contributed by atoms with Crippen molar-refractivity contribution in [2.75, 3.05) is 39.6 Å². The summed E-state index contributed by atoms with van der Waals surface area (Å²) in [5.74, 6) is -1.61. The Bertz CT molecular complexity index is 2210. The Morgan fingerprint density at radius 2 is 0.558 bits per heavy atom. The monoisotopic (exact) mass is 1370 g/mol. The number of carbonyl (C=O) groups excluding carboxylic acids is 3. The van der Waals surface area contributed by atoms with Crippen molar-refractivity contribution < 1.29 is 75.8 Å². The highest BCUT2D eigenvalue weighted by Crippen LogP contribution is 2.45. The number of hydrogen-bond donors (Lipinski definition) is 4. The van der Waals surface area contributed by atoms with E-state index in [9.17, 15) is 43.5 Å². The Morgan fingerprint density at radius 3 is 0.916 bits per heavy atom. The number of aliphatic hydroxyl groups excluding tert-OH is 2. The normalized spacial score (nSPS) is 14.8. The minimum atomic E-state index is -4.94. The molecule has 4 N–H and O–H groups in total. The van der Waals surface area contributed by atoms with Crippen LogP contribution in [0.1, 0.15) is 290 Å². The number of rotatable bonds is 69. The first kappa shape index (κ1) is 91.0. The van der Waals surface area contributed by atoms with Crippen molar-refractivity contribution in [1.82, 2.24) is 0 Å². The van der Waals surface area contributed by atoms with Crippen molar-refractivity contribution >= 4 is 33.6 Å². The first-order valence-electron chi connectivity index (χ1n) is 36.8. The van der Waals surface area contributed by atoms with E-state index in [1.807, 2.05) is 0 Å². The number of unbranched alkanes of at least 4 members (excludes halogenated alkanes) is 26. The molecule has 18 heteroatoms. The van der Waals surface area contributed by atoms with E-state index in [4.69, 9.17) is 32.3 Å². The summed E-state index contributed by atoms with van der Waals surface area (Å²) in [6.45, 7) is 2.49. The smallest absolute Gasteiger partial charge is 0.463 e. The summed E-state index contributed by atoms with van der Waals surface area (Å²) in [5, 5.41) is 20.6. The van der Waals surface area contributed by atoms with Crippen LogP contribution in [0, 0.1) is 0 Å². The number of phosphoric ester groups is 2. The van der Waals surface area contributed by atoms with Crippen molar-refractivity contribution in [2.24, 2.45) is 0 Å². The molecule has 0 aromatic heterocycles. The van der Waals surface area contributed by atoms with Gasteiger partial charge in [0.25, 0.3) is 0 Å². The number of carbonyl (C=O) groups is 3. The predicted octanol–water partition coefficient (Wildman–Crippen LogP) is 21.0. The van der Waals surface area contributed by atoms with Crippen molar-refractivity contribution in [3.8, 4) is 0 Å². The van der Waals surface area contributed by atoms with Crippen LogP contribution in [-0.4, -0.2) is 95.9 Å². The fraction of sp³-hybridized carbons (Fsp3) is 0.701. The predicted molar refractivity (Wildman–Crippen MR) is 390 cm³/mol. The largest absolute Gasteiger partial charge is 0.472 e. The molecule has 0 aliphatic rings. The summed E-state index contributed by atoms with van der Waals surface area (Å²) in [4.78, 5) is 58.5. The lowest BCUT2D eigenvalue weighted by Gasteiger charge is -2.21. The molecule has 546 valence electrons. The van der Waals surface area contributed by atoms with Gasteiger partial charge in [0.05, 0.1) is 26.4 Å². The average molecular weight is 1380 g/mol. The molecule has 16 nitrogen and oxygen atoms in total. The quantitative estimate of drug-likeness (QED) is 0.0146. The lowest BCUT2D eigenvalue weighted by atomic mass is 10.1. The third-order valence-corrected chi connectivity index (χ3v) is 17.0. The molecule has 5 atom stereocenters. The van der Waals surface area contributed by atoms with Gasteiger partial charge in [0, 0.05) is 19.3 Å². The van der Waals surface area contributed by atoms with Crippen LogP contribution in [0.25, 0.3) is 0 Å². The van der Waals surface area contributed by atoms with Gasteiger partial charge in [0.2, 0.25) is 0 Å². The molecule has 0 spiro atoms. The Balaban J connectivity index is 4.67. The van der Waals surface area contributed by atoms with Crippen LogP contribution in [0.4, 0.5) is 0 Å². The molecule has 0 aromatic carbocycles. The zero-order valence-corrected chi connectivity index (χ0v) is 61.1. The number of aliphatic hydroxyl groups is 2. The first-order chi connectivity index (χ1) is 46.2. The van der Waals surface area contributed by atoms with Crippen LogP contribution in [0.2, 0.25) is 0 Å². The Hall–Kier alpha value is -4.05. The molecule has 0 aliphatic heterocycles. The highest BCUT2D eigenvalue weighted by Gasteiger charge is 2.29. The molecule has 0 rings (SSSR count). The fourth-order valence-corrected chi connectivity index (χ4v) is 11.1. The van der Waals surface area contributed by atoms with E-state index in [0.29, 0.717) is 19.3 Å². The second-order valence-electron chi connectivity index (χ2n) is 24.4. The minimum absolute atomic E-state index is 0.0882. The molecule has 0 aromatic rings. The van der Waals surface area contributed by atoms with E-state index >= 15 is 0 Å². The highest BCUT2D eigenvalue weighted by atomic mass is 31.2. The van der Waals surface area contributed by atoms with Crippen molar-refractivity contribution in [2.45, 2.75) is 309 Å². The number of esters is 3. The second kappa shape index (κ2) is 69.8. The Morgan fingerprint density at radius 1 is 0.305 bits per heavy atom. The van der Waals surface area contributed by atoms with E-state index in [1.54, 1.807) is 0 Å². The van der Waals surface area contributed by atoms with Gasteiger partial charge in [-0.3, -0.25) is 32.5 Å². The van der Waals surface area contributed by atoms with Gasteiger partial charge in [0.15, 0.2) is 6.10 Å². The van der Waals surface area contributed by atoms with Crippen LogP contribution in [-0.2, 0) is 55.8 Å². The topological polar surface area (TPSA) is 231 Å². The maximum absolute atomic E-state index is 12.9. The van der Waals surface area contributed by atoms with Crippen LogP contribution < -0.4 is 0 Å². The summed E-state index contributed by atoms with van der Waals surface area (Å²) >= 11 is 0. The van der Waals surface area contributed by atoms with Crippen LogP contribution in [0.3, 0.4) is 0 Å². The number of phosphoric acid groups is 2. The van der Waals surface area contributed by atoms with Gasteiger partial charge in [-0.05, 0) is 135 Å². The molecule has 0 saturated heterocycles. The number of allylic oxidation sites excluding steroid dienone is 20. The Labute approximate surface area is 576 Å². The van der Waals surface area contributed by atoms with E-state index in [0.717, 1.165) is 167 Å².